The number of anilines is 1. The molecule has 2 rings (SSSR count). The van der Waals surface area contributed by atoms with E-state index in [1.54, 1.807) is 11.8 Å². The van der Waals surface area contributed by atoms with E-state index in [-0.39, 0.29) is 5.56 Å². The summed E-state index contributed by atoms with van der Waals surface area (Å²) in [5, 5.41) is 0. The Kier molecular flexibility index (Phi) is 4.84. The van der Waals surface area contributed by atoms with E-state index in [4.69, 9.17) is 5.73 Å². The van der Waals surface area contributed by atoms with Gasteiger partial charge in [0.1, 0.15) is 11.6 Å². The molecule has 0 atom stereocenters. The van der Waals surface area contributed by atoms with E-state index in [1.807, 2.05) is 19.1 Å². The maximum Gasteiger partial charge on any atom is 0.256 e. The largest absolute Gasteiger partial charge is 0.383 e. The van der Waals surface area contributed by atoms with Gasteiger partial charge in [0.2, 0.25) is 0 Å². The zero-order chi connectivity index (χ0) is 14.5. The molecule has 1 aromatic heterocycles. The average molecular weight is 289 g/mol. The molecule has 0 saturated heterocycles. The highest BCUT2D eigenvalue weighted by Crippen LogP contribution is 2.22. The van der Waals surface area contributed by atoms with Crippen LogP contribution in [0.4, 0.5) is 5.82 Å². The minimum absolute atomic E-state index is 0.112. The molecule has 0 bridgehead atoms. The summed E-state index contributed by atoms with van der Waals surface area (Å²) in [6.45, 7) is 4.07. The van der Waals surface area contributed by atoms with E-state index in [9.17, 15) is 4.79 Å². The molecule has 5 heteroatoms. The number of hydrogen-bond donors (Lipinski definition) is 2. The van der Waals surface area contributed by atoms with E-state index in [0.717, 1.165) is 11.3 Å². The van der Waals surface area contributed by atoms with Crippen LogP contribution in [0.2, 0.25) is 0 Å². The smallest absolute Gasteiger partial charge is 0.256 e. The molecule has 0 aliphatic carbocycles. The number of rotatable bonds is 5. The van der Waals surface area contributed by atoms with Gasteiger partial charge in [-0.1, -0.05) is 31.0 Å². The Bertz CT molecular complexity index is 652. The molecule has 0 radical (unpaired) electrons. The Morgan fingerprint density at radius 3 is 2.85 bits per heavy atom. The fourth-order valence-corrected chi connectivity index (χ4v) is 2.86. The summed E-state index contributed by atoms with van der Waals surface area (Å²) in [5.41, 5.74) is 7.56. The molecule has 4 nitrogen and oxygen atoms in total. The van der Waals surface area contributed by atoms with E-state index < -0.39 is 0 Å². The minimum Gasteiger partial charge on any atom is -0.383 e. The van der Waals surface area contributed by atoms with Crippen molar-refractivity contribution in [3.8, 4) is 0 Å². The maximum atomic E-state index is 11.9. The third-order valence-electron chi connectivity index (χ3n) is 2.96. The standard InChI is InChI=1S/C15H19N3OS/c1-3-5-12-14(16)17-13(18-15(12)19)9-20-11-7-4-6-10(2)8-11/h4,6-8H,3,5,9H2,1-2H3,(H3,16,17,18,19). The van der Waals surface area contributed by atoms with E-state index >= 15 is 0 Å². The Labute approximate surface area is 122 Å². The average Bonchev–Trinajstić information content (AvgIpc) is 2.41. The lowest BCUT2D eigenvalue weighted by Crippen LogP contribution is -2.19. The fourth-order valence-electron chi connectivity index (χ4n) is 1.98. The number of aromatic nitrogens is 2. The van der Waals surface area contributed by atoms with Gasteiger partial charge in [-0.05, 0) is 25.5 Å². The zero-order valence-corrected chi connectivity index (χ0v) is 12.6. The normalized spacial score (nSPS) is 10.7. The van der Waals surface area contributed by atoms with Gasteiger partial charge in [0.05, 0.1) is 11.3 Å². The summed E-state index contributed by atoms with van der Waals surface area (Å²) in [6.07, 6.45) is 1.55. The van der Waals surface area contributed by atoms with Gasteiger partial charge >= 0.3 is 0 Å². The Hall–Kier alpha value is -1.75. The van der Waals surface area contributed by atoms with Crippen LogP contribution in [0.3, 0.4) is 0 Å². The van der Waals surface area contributed by atoms with Crippen LogP contribution in [0.25, 0.3) is 0 Å². The second-order valence-corrected chi connectivity index (χ2v) is 5.78. The summed E-state index contributed by atoms with van der Waals surface area (Å²) in [7, 11) is 0. The second kappa shape index (κ2) is 6.61. The summed E-state index contributed by atoms with van der Waals surface area (Å²) in [4.78, 5) is 20.2. The highest BCUT2D eigenvalue weighted by atomic mass is 32.2. The Morgan fingerprint density at radius 2 is 2.20 bits per heavy atom. The quantitative estimate of drug-likeness (QED) is 0.830. The first-order valence-electron chi connectivity index (χ1n) is 6.67. The van der Waals surface area contributed by atoms with E-state index in [1.165, 1.54) is 5.56 Å². The van der Waals surface area contributed by atoms with E-state index in [0.29, 0.717) is 29.4 Å². The molecular weight excluding hydrogens is 270 g/mol. The van der Waals surface area contributed by atoms with Crippen LogP contribution in [0.15, 0.2) is 34.0 Å². The summed E-state index contributed by atoms with van der Waals surface area (Å²) >= 11 is 1.64. The lowest BCUT2D eigenvalue weighted by atomic mass is 10.2. The number of aryl methyl sites for hydroxylation is 1. The van der Waals surface area contributed by atoms with Crippen molar-refractivity contribution in [2.75, 3.05) is 5.73 Å². The van der Waals surface area contributed by atoms with Gasteiger partial charge in [-0.25, -0.2) is 4.98 Å². The van der Waals surface area contributed by atoms with Crippen molar-refractivity contribution in [2.24, 2.45) is 0 Å². The molecule has 0 spiro atoms. The van der Waals surface area contributed by atoms with Crippen LogP contribution >= 0.6 is 11.8 Å². The van der Waals surface area contributed by atoms with Gasteiger partial charge in [0, 0.05) is 4.90 Å². The first-order chi connectivity index (χ1) is 9.60. The van der Waals surface area contributed by atoms with Crippen LogP contribution < -0.4 is 11.3 Å². The van der Waals surface area contributed by atoms with Crippen LogP contribution in [0, 0.1) is 6.92 Å². The maximum absolute atomic E-state index is 11.9. The third-order valence-corrected chi connectivity index (χ3v) is 3.97. The number of nitrogens with zero attached hydrogens (tertiary/aromatic N) is 1. The van der Waals surface area contributed by atoms with Gasteiger partial charge < -0.3 is 10.7 Å². The summed E-state index contributed by atoms with van der Waals surface area (Å²) in [6, 6.07) is 8.23. The van der Waals surface area contributed by atoms with Crippen molar-refractivity contribution in [2.45, 2.75) is 37.3 Å². The van der Waals surface area contributed by atoms with Crippen molar-refractivity contribution in [3.05, 3.63) is 51.6 Å². The minimum atomic E-state index is -0.112. The van der Waals surface area contributed by atoms with Crippen LogP contribution in [-0.2, 0) is 12.2 Å². The molecule has 0 amide bonds. The number of nitrogen functional groups attached to an aromatic ring is 1. The number of thioether (sulfide) groups is 1. The Morgan fingerprint density at radius 1 is 1.40 bits per heavy atom. The molecule has 0 saturated carbocycles. The molecule has 1 aromatic carbocycles. The van der Waals surface area contributed by atoms with Crippen molar-refractivity contribution >= 4 is 17.6 Å². The molecular formula is C15H19N3OS. The number of benzene rings is 1. The predicted molar refractivity (Wildman–Crippen MR) is 84.0 cm³/mol. The molecule has 2 aromatic rings. The SMILES string of the molecule is CCCc1c(N)nc(CSc2cccc(C)c2)[nH]c1=O. The van der Waals surface area contributed by atoms with Crippen LogP contribution in [0.1, 0.15) is 30.3 Å². The van der Waals surface area contributed by atoms with E-state index in [2.05, 4.69) is 29.0 Å². The van der Waals surface area contributed by atoms with Gasteiger partial charge in [-0.2, -0.15) is 0 Å². The monoisotopic (exact) mass is 289 g/mol. The number of nitrogens with one attached hydrogen (secondary N) is 1. The third kappa shape index (κ3) is 3.63. The highest BCUT2D eigenvalue weighted by Gasteiger charge is 2.08. The summed E-state index contributed by atoms with van der Waals surface area (Å²) in [5.74, 6) is 1.59. The zero-order valence-electron chi connectivity index (χ0n) is 11.8. The van der Waals surface area contributed by atoms with Crippen LogP contribution in [-0.4, -0.2) is 9.97 Å². The van der Waals surface area contributed by atoms with Crippen molar-refractivity contribution in [1.82, 2.24) is 9.97 Å². The first-order valence-corrected chi connectivity index (χ1v) is 7.65. The molecule has 0 unspecified atom stereocenters. The number of nitrogens with two attached hydrogens (primary N) is 1. The second-order valence-electron chi connectivity index (χ2n) is 4.73. The number of aromatic amines is 1. The predicted octanol–water partition coefficient (Wildman–Crippen LogP) is 2.91. The Balaban J connectivity index is 2.13. The lowest BCUT2D eigenvalue weighted by Gasteiger charge is -2.06. The van der Waals surface area contributed by atoms with Crippen molar-refractivity contribution in [1.29, 1.82) is 0 Å². The van der Waals surface area contributed by atoms with Crippen molar-refractivity contribution < 1.29 is 0 Å². The fraction of sp³-hybridized carbons (Fsp3) is 0.333. The van der Waals surface area contributed by atoms with Gasteiger partial charge in [-0.3, -0.25) is 4.79 Å². The molecule has 1 heterocycles. The molecule has 20 heavy (non-hydrogen) atoms. The molecule has 0 aliphatic rings. The first kappa shape index (κ1) is 14.7. The summed E-state index contributed by atoms with van der Waals surface area (Å²) < 4.78 is 0. The van der Waals surface area contributed by atoms with Gasteiger partial charge in [0.25, 0.3) is 5.56 Å². The van der Waals surface area contributed by atoms with Gasteiger partial charge in [0.15, 0.2) is 0 Å². The highest BCUT2D eigenvalue weighted by molar-refractivity contribution is 7.98. The molecule has 106 valence electrons. The topological polar surface area (TPSA) is 71.8 Å². The number of H-pyrrole nitrogens is 1. The van der Waals surface area contributed by atoms with Crippen molar-refractivity contribution in [3.63, 3.8) is 0 Å². The molecule has 0 aliphatic heterocycles. The molecule has 3 N–H and O–H groups in total. The van der Waals surface area contributed by atoms with Crippen LogP contribution in [0.5, 0.6) is 0 Å². The van der Waals surface area contributed by atoms with Gasteiger partial charge in [-0.15, -0.1) is 11.8 Å². The molecule has 0 fully saturated rings. The number of hydrogen-bond acceptors (Lipinski definition) is 4. The lowest BCUT2D eigenvalue weighted by molar-refractivity contribution is 0.874.